The van der Waals surface area contributed by atoms with Gasteiger partial charge >= 0.3 is 0 Å². The van der Waals surface area contributed by atoms with E-state index in [-0.39, 0.29) is 11.4 Å². The molecule has 1 fully saturated rings. The van der Waals surface area contributed by atoms with Crippen molar-refractivity contribution in [2.75, 3.05) is 11.9 Å². The highest BCUT2D eigenvalue weighted by molar-refractivity contribution is 6.05. The second-order valence-corrected chi connectivity index (χ2v) is 6.20. The molecule has 0 bridgehead atoms. The molecule has 0 aliphatic carbocycles. The average molecular weight is 244 g/mol. The third-order valence-corrected chi connectivity index (χ3v) is 4.51. The Morgan fingerprint density at radius 3 is 2.67 bits per heavy atom. The van der Waals surface area contributed by atoms with Crippen molar-refractivity contribution in [3.8, 4) is 0 Å². The molecule has 0 aromatic heterocycles. The van der Waals surface area contributed by atoms with E-state index in [4.69, 9.17) is 0 Å². The molecule has 1 saturated heterocycles. The Morgan fingerprint density at radius 2 is 2.00 bits per heavy atom. The number of carbonyl (C=O) groups excluding carboxylic acids is 1. The van der Waals surface area contributed by atoms with Gasteiger partial charge in [-0.25, -0.2) is 0 Å². The van der Waals surface area contributed by atoms with E-state index in [1.165, 1.54) is 12.0 Å². The molecule has 3 rings (SSSR count). The number of rotatable bonds is 1. The normalized spacial score (nSPS) is 29.2. The molecular formula is C15H20N2O. The maximum atomic E-state index is 11.9. The summed E-state index contributed by atoms with van der Waals surface area (Å²) in [5.74, 6) is 0.0965. The number of carbonyl (C=O) groups is 1. The van der Waals surface area contributed by atoms with Crippen molar-refractivity contribution in [1.29, 1.82) is 0 Å². The fraction of sp³-hybridized carbons (Fsp3) is 0.533. The van der Waals surface area contributed by atoms with Crippen LogP contribution >= 0.6 is 0 Å². The summed E-state index contributed by atoms with van der Waals surface area (Å²) < 4.78 is 0. The molecule has 0 radical (unpaired) electrons. The highest BCUT2D eigenvalue weighted by atomic mass is 16.2. The lowest BCUT2D eigenvalue weighted by Crippen LogP contribution is -2.33. The van der Waals surface area contributed by atoms with Crippen LogP contribution in [-0.4, -0.2) is 12.5 Å². The average Bonchev–Trinajstić information content (AvgIpc) is 2.85. The Balaban J connectivity index is 2.07. The first-order valence-corrected chi connectivity index (χ1v) is 6.65. The van der Waals surface area contributed by atoms with Crippen molar-refractivity contribution in [1.82, 2.24) is 5.32 Å². The van der Waals surface area contributed by atoms with Crippen molar-refractivity contribution < 1.29 is 4.79 Å². The molecule has 2 N–H and O–H groups in total. The van der Waals surface area contributed by atoms with Gasteiger partial charge in [0.25, 0.3) is 0 Å². The Morgan fingerprint density at radius 1 is 1.22 bits per heavy atom. The van der Waals surface area contributed by atoms with Gasteiger partial charge in [0.1, 0.15) is 0 Å². The Bertz CT molecular complexity index is 513. The standard InChI is InChI=1S/C15H20N2O/c1-14(2)11-9-10(15(3)7-4-8-16-15)5-6-12(11)17-13(14)18/h5-6,9,16H,4,7-8H2,1-3H3,(H,17,18). The van der Waals surface area contributed by atoms with E-state index in [0.717, 1.165) is 24.2 Å². The minimum Gasteiger partial charge on any atom is -0.325 e. The van der Waals surface area contributed by atoms with Gasteiger partial charge in [0, 0.05) is 11.2 Å². The van der Waals surface area contributed by atoms with Gasteiger partial charge in [-0.15, -0.1) is 0 Å². The van der Waals surface area contributed by atoms with Gasteiger partial charge in [0.05, 0.1) is 5.41 Å². The zero-order chi connectivity index (χ0) is 13.0. The van der Waals surface area contributed by atoms with Gasteiger partial charge in [0.2, 0.25) is 5.91 Å². The van der Waals surface area contributed by atoms with Crippen molar-refractivity contribution in [2.45, 2.75) is 44.6 Å². The van der Waals surface area contributed by atoms with Crippen molar-refractivity contribution in [2.24, 2.45) is 0 Å². The van der Waals surface area contributed by atoms with Crippen molar-refractivity contribution in [3.05, 3.63) is 29.3 Å². The highest BCUT2D eigenvalue weighted by Gasteiger charge is 2.40. The van der Waals surface area contributed by atoms with E-state index in [1.807, 2.05) is 19.9 Å². The summed E-state index contributed by atoms with van der Waals surface area (Å²) >= 11 is 0. The molecule has 0 saturated carbocycles. The SMILES string of the molecule is CC1(c2ccc3c(c2)C(C)(C)C(=O)N3)CCCN1. The minimum absolute atomic E-state index is 0.0662. The lowest BCUT2D eigenvalue weighted by atomic mass is 9.82. The number of fused-ring (bicyclic) bond motifs is 1. The van der Waals surface area contributed by atoms with Crippen LogP contribution in [-0.2, 0) is 15.7 Å². The number of nitrogens with one attached hydrogen (secondary N) is 2. The lowest BCUT2D eigenvalue weighted by molar-refractivity contribution is -0.119. The Hall–Kier alpha value is -1.35. The quantitative estimate of drug-likeness (QED) is 0.797. The molecule has 2 heterocycles. The van der Waals surface area contributed by atoms with Gasteiger partial charge in [0.15, 0.2) is 0 Å². The summed E-state index contributed by atoms with van der Waals surface area (Å²) in [6.45, 7) is 7.30. The number of amides is 1. The van der Waals surface area contributed by atoms with Crippen LogP contribution in [0.5, 0.6) is 0 Å². The highest BCUT2D eigenvalue weighted by Crippen LogP contribution is 2.40. The van der Waals surface area contributed by atoms with Crippen LogP contribution in [0, 0.1) is 0 Å². The molecule has 18 heavy (non-hydrogen) atoms. The second kappa shape index (κ2) is 3.58. The monoisotopic (exact) mass is 244 g/mol. The molecule has 1 aromatic carbocycles. The van der Waals surface area contributed by atoms with Crippen LogP contribution in [0.4, 0.5) is 5.69 Å². The van der Waals surface area contributed by atoms with Gasteiger partial charge < -0.3 is 10.6 Å². The van der Waals surface area contributed by atoms with Crippen LogP contribution < -0.4 is 10.6 Å². The number of hydrogen-bond acceptors (Lipinski definition) is 2. The summed E-state index contributed by atoms with van der Waals surface area (Å²) in [7, 11) is 0. The van der Waals surface area contributed by atoms with Crippen molar-refractivity contribution >= 4 is 11.6 Å². The van der Waals surface area contributed by atoms with E-state index >= 15 is 0 Å². The predicted molar refractivity (Wildman–Crippen MR) is 72.7 cm³/mol. The molecule has 3 nitrogen and oxygen atoms in total. The molecule has 2 aliphatic heterocycles. The van der Waals surface area contributed by atoms with E-state index < -0.39 is 5.41 Å². The van der Waals surface area contributed by atoms with Gasteiger partial charge in [-0.1, -0.05) is 12.1 Å². The topological polar surface area (TPSA) is 41.1 Å². The minimum atomic E-state index is -0.416. The van der Waals surface area contributed by atoms with E-state index in [2.05, 4.69) is 29.7 Å². The van der Waals surface area contributed by atoms with Gasteiger partial charge in [-0.2, -0.15) is 0 Å². The molecule has 3 heteroatoms. The molecular weight excluding hydrogens is 224 g/mol. The van der Waals surface area contributed by atoms with E-state index in [1.54, 1.807) is 0 Å². The number of hydrogen-bond donors (Lipinski definition) is 2. The molecule has 0 spiro atoms. The van der Waals surface area contributed by atoms with Gasteiger partial charge in [-0.05, 0) is 57.4 Å². The van der Waals surface area contributed by atoms with Crippen LogP contribution in [0.1, 0.15) is 44.7 Å². The predicted octanol–water partition coefficient (Wildman–Crippen LogP) is 2.51. The summed E-state index contributed by atoms with van der Waals surface area (Å²) in [5, 5.41) is 6.53. The molecule has 2 aliphatic rings. The van der Waals surface area contributed by atoms with E-state index in [0.29, 0.717) is 0 Å². The van der Waals surface area contributed by atoms with Gasteiger partial charge in [-0.3, -0.25) is 4.79 Å². The third-order valence-electron chi connectivity index (χ3n) is 4.51. The lowest BCUT2D eigenvalue weighted by Gasteiger charge is -2.26. The maximum Gasteiger partial charge on any atom is 0.234 e. The first-order valence-electron chi connectivity index (χ1n) is 6.65. The van der Waals surface area contributed by atoms with Crippen LogP contribution in [0.3, 0.4) is 0 Å². The molecule has 1 atom stereocenters. The summed E-state index contributed by atoms with van der Waals surface area (Å²) in [4.78, 5) is 11.9. The first-order chi connectivity index (χ1) is 8.43. The van der Waals surface area contributed by atoms with Crippen molar-refractivity contribution in [3.63, 3.8) is 0 Å². The smallest absolute Gasteiger partial charge is 0.234 e. The zero-order valence-corrected chi connectivity index (χ0v) is 11.3. The van der Waals surface area contributed by atoms with Crippen LogP contribution in [0.2, 0.25) is 0 Å². The fourth-order valence-electron chi connectivity index (χ4n) is 3.06. The Labute approximate surface area is 108 Å². The fourth-order valence-corrected chi connectivity index (χ4v) is 3.06. The number of benzene rings is 1. The van der Waals surface area contributed by atoms with Crippen LogP contribution in [0.25, 0.3) is 0 Å². The molecule has 1 unspecified atom stereocenters. The second-order valence-electron chi connectivity index (χ2n) is 6.20. The number of anilines is 1. The zero-order valence-electron chi connectivity index (χ0n) is 11.3. The van der Waals surface area contributed by atoms with E-state index in [9.17, 15) is 4.79 Å². The first kappa shape index (κ1) is 11.7. The maximum absolute atomic E-state index is 11.9. The molecule has 1 aromatic rings. The molecule has 1 amide bonds. The molecule has 96 valence electrons. The summed E-state index contributed by atoms with van der Waals surface area (Å²) in [6.07, 6.45) is 2.38. The van der Waals surface area contributed by atoms with Crippen LogP contribution in [0.15, 0.2) is 18.2 Å². The Kier molecular flexibility index (Phi) is 2.33. The summed E-state index contributed by atoms with van der Waals surface area (Å²) in [6, 6.07) is 6.38. The summed E-state index contributed by atoms with van der Waals surface area (Å²) in [5.41, 5.74) is 3.04. The largest absolute Gasteiger partial charge is 0.325 e. The third kappa shape index (κ3) is 1.50.